The molecule has 0 bridgehead atoms. The molecule has 0 saturated heterocycles. The van der Waals surface area contributed by atoms with Crippen molar-refractivity contribution in [3.63, 3.8) is 0 Å². The molecule has 100 valence electrons. The van der Waals surface area contributed by atoms with Gasteiger partial charge in [0, 0.05) is 13.1 Å². The average molecular weight is 250 g/mol. The number of carbonyl (C=O) groups is 1. The molecule has 4 heteroatoms. The Hall–Kier alpha value is -1.39. The van der Waals surface area contributed by atoms with Crippen LogP contribution in [0.5, 0.6) is 0 Å². The molecule has 0 fully saturated rings. The van der Waals surface area contributed by atoms with Crippen LogP contribution in [0.25, 0.3) is 0 Å². The number of esters is 1. The summed E-state index contributed by atoms with van der Waals surface area (Å²) in [6, 6.07) is 8.15. The molecule has 1 rings (SSSR count). The van der Waals surface area contributed by atoms with Crippen LogP contribution in [0.2, 0.25) is 0 Å². The second-order valence-corrected chi connectivity index (χ2v) is 4.13. The number of nitrogens with two attached hydrogens (primary N) is 1. The van der Waals surface area contributed by atoms with Crippen LogP contribution in [0.1, 0.15) is 25.0 Å². The van der Waals surface area contributed by atoms with E-state index in [1.54, 1.807) is 0 Å². The fourth-order valence-electron chi connectivity index (χ4n) is 1.71. The van der Waals surface area contributed by atoms with Gasteiger partial charge in [0.2, 0.25) is 0 Å². The maximum Gasteiger partial charge on any atom is 0.320 e. The van der Waals surface area contributed by atoms with Gasteiger partial charge in [-0.05, 0) is 24.6 Å². The number of carbonyl (C=O) groups excluding carboxylic acids is 1. The lowest BCUT2D eigenvalue weighted by molar-refractivity contribution is -0.144. The van der Waals surface area contributed by atoms with Crippen molar-refractivity contribution in [1.29, 1.82) is 0 Å². The van der Waals surface area contributed by atoms with Crippen LogP contribution in [-0.2, 0) is 22.6 Å². The van der Waals surface area contributed by atoms with Gasteiger partial charge in [-0.1, -0.05) is 31.2 Å². The quantitative estimate of drug-likeness (QED) is 0.746. The molecule has 1 aromatic carbocycles. The van der Waals surface area contributed by atoms with E-state index in [-0.39, 0.29) is 5.97 Å². The van der Waals surface area contributed by atoms with E-state index in [1.165, 1.54) is 5.56 Å². The Morgan fingerprint density at radius 2 is 1.83 bits per heavy atom. The van der Waals surface area contributed by atoms with Gasteiger partial charge in [-0.2, -0.15) is 0 Å². The van der Waals surface area contributed by atoms with E-state index >= 15 is 0 Å². The van der Waals surface area contributed by atoms with Gasteiger partial charge >= 0.3 is 5.97 Å². The predicted molar refractivity (Wildman–Crippen MR) is 71.9 cm³/mol. The molecule has 0 amide bonds. The van der Waals surface area contributed by atoms with Gasteiger partial charge in [-0.15, -0.1) is 0 Å². The smallest absolute Gasteiger partial charge is 0.320 e. The minimum Gasteiger partial charge on any atom is -0.465 e. The van der Waals surface area contributed by atoms with E-state index < -0.39 is 0 Å². The Balaban J connectivity index is 2.53. The number of hydrogen-bond donors (Lipinski definition) is 1. The molecule has 0 heterocycles. The van der Waals surface area contributed by atoms with Crippen molar-refractivity contribution in [3.05, 3.63) is 35.4 Å². The van der Waals surface area contributed by atoms with E-state index in [0.717, 1.165) is 18.7 Å². The number of hydrogen-bond acceptors (Lipinski definition) is 4. The van der Waals surface area contributed by atoms with E-state index in [2.05, 4.69) is 17.0 Å². The van der Waals surface area contributed by atoms with Crippen LogP contribution in [-0.4, -0.2) is 30.6 Å². The Morgan fingerprint density at radius 3 is 2.33 bits per heavy atom. The summed E-state index contributed by atoms with van der Waals surface area (Å²) in [5.74, 6) is -0.169. The highest BCUT2D eigenvalue weighted by molar-refractivity contribution is 5.71. The maximum absolute atomic E-state index is 11.4. The van der Waals surface area contributed by atoms with Crippen LogP contribution in [0.15, 0.2) is 24.3 Å². The third-order valence-electron chi connectivity index (χ3n) is 2.77. The van der Waals surface area contributed by atoms with Crippen LogP contribution < -0.4 is 5.73 Å². The monoisotopic (exact) mass is 250 g/mol. The van der Waals surface area contributed by atoms with Crippen molar-refractivity contribution < 1.29 is 9.53 Å². The second-order valence-electron chi connectivity index (χ2n) is 4.13. The number of ether oxygens (including phenoxy) is 1. The fourth-order valence-corrected chi connectivity index (χ4v) is 1.71. The number of nitrogens with zero attached hydrogens (tertiary/aromatic N) is 1. The van der Waals surface area contributed by atoms with Crippen molar-refractivity contribution in [2.24, 2.45) is 5.73 Å². The molecule has 0 unspecified atom stereocenters. The molecule has 0 atom stereocenters. The maximum atomic E-state index is 11.4. The van der Waals surface area contributed by atoms with Gasteiger partial charge < -0.3 is 10.5 Å². The van der Waals surface area contributed by atoms with E-state index in [4.69, 9.17) is 10.5 Å². The Bertz CT molecular complexity index is 363. The van der Waals surface area contributed by atoms with Crippen LogP contribution in [0.3, 0.4) is 0 Å². The SMILES string of the molecule is CCOC(=O)CN(CC)Cc1ccc(CN)cc1. The minimum atomic E-state index is -0.169. The largest absolute Gasteiger partial charge is 0.465 e. The molecule has 0 aliphatic heterocycles. The van der Waals surface area contributed by atoms with Crippen LogP contribution in [0, 0.1) is 0 Å². The lowest BCUT2D eigenvalue weighted by Crippen LogP contribution is -2.30. The zero-order valence-corrected chi connectivity index (χ0v) is 11.2. The Kier molecular flexibility index (Phi) is 6.39. The summed E-state index contributed by atoms with van der Waals surface area (Å²) in [4.78, 5) is 13.5. The lowest BCUT2D eigenvalue weighted by atomic mass is 10.1. The topological polar surface area (TPSA) is 55.6 Å². The zero-order valence-electron chi connectivity index (χ0n) is 11.2. The summed E-state index contributed by atoms with van der Waals surface area (Å²) in [5.41, 5.74) is 7.85. The first kappa shape index (κ1) is 14.7. The van der Waals surface area contributed by atoms with Crippen molar-refractivity contribution >= 4 is 5.97 Å². The van der Waals surface area contributed by atoms with Crippen molar-refractivity contribution in [2.45, 2.75) is 26.9 Å². The van der Waals surface area contributed by atoms with Crippen molar-refractivity contribution in [3.8, 4) is 0 Å². The van der Waals surface area contributed by atoms with E-state index in [0.29, 0.717) is 19.7 Å². The number of likely N-dealkylation sites (N-methyl/N-ethyl adjacent to an activating group) is 1. The summed E-state index contributed by atoms with van der Waals surface area (Å²) >= 11 is 0. The first-order valence-electron chi connectivity index (χ1n) is 6.35. The first-order valence-corrected chi connectivity index (χ1v) is 6.35. The molecule has 1 aromatic rings. The molecule has 0 radical (unpaired) electrons. The summed E-state index contributed by atoms with van der Waals surface area (Å²) < 4.78 is 4.95. The predicted octanol–water partition coefficient (Wildman–Crippen LogP) is 1.53. The number of benzene rings is 1. The van der Waals surface area contributed by atoms with Crippen molar-refractivity contribution in [2.75, 3.05) is 19.7 Å². The molecule has 2 N–H and O–H groups in total. The first-order chi connectivity index (χ1) is 8.69. The molecular formula is C14H22N2O2. The van der Waals surface area contributed by atoms with Gasteiger partial charge in [0.05, 0.1) is 13.2 Å². The third kappa shape index (κ3) is 4.85. The molecule has 4 nitrogen and oxygen atoms in total. The highest BCUT2D eigenvalue weighted by atomic mass is 16.5. The highest BCUT2D eigenvalue weighted by Crippen LogP contribution is 2.07. The molecule has 0 aliphatic carbocycles. The molecule has 0 aromatic heterocycles. The van der Waals surface area contributed by atoms with Gasteiger partial charge in [-0.25, -0.2) is 0 Å². The summed E-state index contributed by atoms with van der Waals surface area (Å²) in [6.07, 6.45) is 0. The standard InChI is InChI=1S/C14H22N2O2/c1-3-16(11-14(17)18-4-2)10-13-7-5-12(9-15)6-8-13/h5-8H,3-4,9-11,15H2,1-2H3. The molecule has 0 saturated carbocycles. The lowest BCUT2D eigenvalue weighted by Gasteiger charge is -2.19. The minimum absolute atomic E-state index is 0.169. The van der Waals surface area contributed by atoms with Gasteiger partial charge in [-0.3, -0.25) is 9.69 Å². The van der Waals surface area contributed by atoms with E-state index in [1.807, 2.05) is 26.0 Å². The molecule has 0 aliphatic rings. The summed E-state index contributed by atoms with van der Waals surface area (Å²) in [5, 5.41) is 0. The molecule has 0 spiro atoms. The Labute approximate surface area is 109 Å². The normalized spacial score (nSPS) is 10.7. The molecule has 18 heavy (non-hydrogen) atoms. The fraction of sp³-hybridized carbons (Fsp3) is 0.500. The second kappa shape index (κ2) is 7.84. The van der Waals surface area contributed by atoms with Gasteiger partial charge in [0.1, 0.15) is 0 Å². The summed E-state index contributed by atoms with van der Waals surface area (Å²) in [6.45, 7) is 6.75. The van der Waals surface area contributed by atoms with Crippen LogP contribution in [0.4, 0.5) is 0 Å². The number of rotatable bonds is 7. The van der Waals surface area contributed by atoms with E-state index in [9.17, 15) is 4.79 Å². The zero-order chi connectivity index (χ0) is 13.4. The average Bonchev–Trinajstić information content (AvgIpc) is 2.39. The van der Waals surface area contributed by atoms with Crippen LogP contribution >= 0.6 is 0 Å². The molecular weight excluding hydrogens is 228 g/mol. The third-order valence-corrected chi connectivity index (χ3v) is 2.77. The van der Waals surface area contributed by atoms with Gasteiger partial charge in [0.15, 0.2) is 0 Å². The van der Waals surface area contributed by atoms with Gasteiger partial charge in [0.25, 0.3) is 0 Å². The highest BCUT2D eigenvalue weighted by Gasteiger charge is 2.10. The van der Waals surface area contributed by atoms with Crippen molar-refractivity contribution in [1.82, 2.24) is 4.90 Å². The Morgan fingerprint density at radius 1 is 1.22 bits per heavy atom. The summed E-state index contributed by atoms with van der Waals surface area (Å²) in [7, 11) is 0.